The lowest BCUT2D eigenvalue weighted by atomic mass is 10.4. The molecule has 2 aromatic rings. The van der Waals surface area contributed by atoms with Gasteiger partial charge in [0.05, 0.1) is 12.6 Å². The summed E-state index contributed by atoms with van der Waals surface area (Å²) >= 11 is 0. The van der Waals surface area contributed by atoms with Crippen LogP contribution in [-0.4, -0.2) is 40.4 Å². The van der Waals surface area contributed by atoms with Gasteiger partial charge in [-0.15, -0.1) is 20.4 Å². The summed E-state index contributed by atoms with van der Waals surface area (Å²) in [7, 11) is 0. The van der Waals surface area contributed by atoms with Gasteiger partial charge in [0, 0.05) is 0 Å². The van der Waals surface area contributed by atoms with Crippen molar-refractivity contribution in [3.05, 3.63) is 12.7 Å². The minimum atomic E-state index is 0.0664. The van der Waals surface area contributed by atoms with Gasteiger partial charge in [-0.1, -0.05) is 0 Å². The minimum Gasteiger partial charge on any atom is -0.162 e. The second kappa shape index (κ2) is 3.25. The van der Waals surface area contributed by atoms with E-state index in [-0.39, 0.29) is 6.04 Å². The van der Waals surface area contributed by atoms with Crippen LogP contribution in [0.2, 0.25) is 0 Å². The summed E-state index contributed by atoms with van der Waals surface area (Å²) < 4.78 is 0. The zero-order valence-electron chi connectivity index (χ0n) is 7.02. The summed E-state index contributed by atoms with van der Waals surface area (Å²) in [5, 5.41) is 22.5. The van der Waals surface area contributed by atoms with Gasteiger partial charge in [0.15, 0.2) is 12.7 Å². The Kier molecular flexibility index (Phi) is 1.94. The van der Waals surface area contributed by atoms with Gasteiger partial charge < -0.3 is 0 Å². The van der Waals surface area contributed by atoms with E-state index in [9.17, 15) is 0 Å². The van der Waals surface area contributed by atoms with E-state index in [1.165, 1.54) is 22.2 Å². The highest BCUT2D eigenvalue weighted by Crippen LogP contribution is 2.00. The molecule has 0 radical (unpaired) electrons. The topological polar surface area (TPSA) is 87.2 Å². The summed E-state index contributed by atoms with van der Waals surface area (Å²) in [5.74, 6) is 0. The Labute approximate surface area is 73.6 Å². The van der Waals surface area contributed by atoms with Crippen LogP contribution in [0.5, 0.6) is 0 Å². The molecule has 13 heavy (non-hydrogen) atoms. The van der Waals surface area contributed by atoms with E-state index in [0.29, 0.717) is 6.54 Å². The van der Waals surface area contributed by atoms with Crippen LogP contribution in [0.3, 0.4) is 0 Å². The zero-order valence-corrected chi connectivity index (χ0v) is 7.02. The monoisotopic (exact) mass is 180 g/mol. The average Bonchev–Trinajstić information content (AvgIpc) is 2.74. The second-order valence-corrected chi connectivity index (χ2v) is 2.60. The first-order valence-electron chi connectivity index (χ1n) is 3.79. The van der Waals surface area contributed by atoms with Crippen molar-refractivity contribution in [1.29, 1.82) is 0 Å². The van der Waals surface area contributed by atoms with Gasteiger partial charge in [-0.05, 0) is 17.4 Å². The molecule has 0 aliphatic rings. The van der Waals surface area contributed by atoms with Gasteiger partial charge >= 0.3 is 0 Å². The normalized spacial score (nSPS) is 13.0. The smallest absolute Gasteiger partial charge is 0.162 e. The van der Waals surface area contributed by atoms with Crippen LogP contribution < -0.4 is 0 Å². The van der Waals surface area contributed by atoms with Crippen molar-refractivity contribution >= 4 is 0 Å². The first-order valence-corrected chi connectivity index (χ1v) is 3.79. The Morgan fingerprint density at radius 3 is 2.54 bits per heavy atom. The van der Waals surface area contributed by atoms with Crippen molar-refractivity contribution in [3.63, 3.8) is 0 Å². The summed E-state index contributed by atoms with van der Waals surface area (Å²) in [6, 6.07) is 0.0664. The first kappa shape index (κ1) is 7.77. The van der Waals surface area contributed by atoms with Crippen LogP contribution in [0, 0.1) is 0 Å². The molecule has 2 rings (SSSR count). The third-order valence-electron chi connectivity index (χ3n) is 1.58. The molecule has 1 atom stereocenters. The fraction of sp³-hybridized carbons (Fsp3) is 0.600. The Morgan fingerprint density at radius 2 is 1.92 bits per heavy atom. The van der Waals surface area contributed by atoms with Crippen molar-refractivity contribution in [2.45, 2.75) is 19.5 Å². The lowest BCUT2D eigenvalue weighted by molar-refractivity contribution is 0.339. The lowest BCUT2D eigenvalue weighted by Crippen LogP contribution is -2.17. The molecule has 8 heteroatoms. The molecule has 0 saturated heterocycles. The Hall–Kier alpha value is -1.86. The van der Waals surface area contributed by atoms with Crippen molar-refractivity contribution < 1.29 is 0 Å². The van der Waals surface area contributed by atoms with E-state index in [4.69, 9.17) is 0 Å². The number of tetrazole rings is 2. The molecule has 0 amide bonds. The number of rotatable bonds is 3. The standard InChI is InChI=1S/C5H8N8/c1-5(13-9-4-7-11-13)2-12-8-3-6-10-12/h3-5H,2H2,1H3. The molecule has 0 aliphatic heterocycles. The van der Waals surface area contributed by atoms with Gasteiger partial charge in [0.2, 0.25) is 0 Å². The number of hydrogen-bond acceptors (Lipinski definition) is 6. The number of nitrogens with zero attached hydrogens (tertiary/aromatic N) is 8. The molecule has 0 fully saturated rings. The van der Waals surface area contributed by atoms with E-state index in [0.717, 1.165) is 0 Å². The first-order chi connectivity index (χ1) is 6.36. The van der Waals surface area contributed by atoms with E-state index < -0.39 is 0 Å². The van der Waals surface area contributed by atoms with Crippen LogP contribution in [-0.2, 0) is 6.54 Å². The predicted molar refractivity (Wildman–Crippen MR) is 40.3 cm³/mol. The van der Waals surface area contributed by atoms with Crippen LogP contribution in [0.15, 0.2) is 12.7 Å². The molecular formula is C5H8N8. The third-order valence-corrected chi connectivity index (χ3v) is 1.58. The summed E-state index contributed by atoms with van der Waals surface area (Å²) in [5.41, 5.74) is 0. The van der Waals surface area contributed by atoms with E-state index in [2.05, 4.69) is 30.8 Å². The molecule has 8 nitrogen and oxygen atoms in total. The van der Waals surface area contributed by atoms with Crippen molar-refractivity contribution in [3.8, 4) is 0 Å². The molecule has 0 aliphatic carbocycles. The summed E-state index contributed by atoms with van der Waals surface area (Å²) in [4.78, 5) is 2.98. The Bertz CT molecular complexity index is 337. The van der Waals surface area contributed by atoms with Gasteiger partial charge in [-0.3, -0.25) is 0 Å². The highest BCUT2D eigenvalue weighted by molar-refractivity contribution is 4.53. The Morgan fingerprint density at radius 1 is 1.15 bits per heavy atom. The SMILES string of the molecule is CC(Cn1ncnn1)n1ncnn1. The van der Waals surface area contributed by atoms with E-state index >= 15 is 0 Å². The van der Waals surface area contributed by atoms with Crippen LogP contribution in [0.25, 0.3) is 0 Å². The van der Waals surface area contributed by atoms with Crippen molar-refractivity contribution in [2.75, 3.05) is 0 Å². The average molecular weight is 180 g/mol. The minimum absolute atomic E-state index is 0.0664. The van der Waals surface area contributed by atoms with Gasteiger partial charge in [-0.25, -0.2) is 0 Å². The van der Waals surface area contributed by atoms with E-state index in [1.807, 2.05) is 6.92 Å². The zero-order chi connectivity index (χ0) is 9.10. The molecule has 0 aromatic carbocycles. The summed E-state index contributed by atoms with van der Waals surface area (Å²) in [6.07, 6.45) is 2.78. The van der Waals surface area contributed by atoms with Gasteiger partial charge in [0.1, 0.15) is 0 Å². The van der Waals surface area contributed by atoms with Crippen molar-refractivity contribution in [2.24, 2.45) is 0 Å². The second-order valence-electron chi connectivity index (χ2n) is 2.60. The molecule has 0 saturated carbocycles. The summed E-state index contributed by atoms with van der Waals surface area (Å²) in [6.45, 7) is 2.53. The molecule has 68 valence electrons. The highest BCUT2D eigenvalue weighted by Gasteiger charge is 2.07. The molecule has 2 aromatic heterocycles. The predicted octanol–water partition coefficient (Wildman–Crippen LogP) is -1.08. The fourth-order valence-corrected chi connectivity index (χ4v) is 0.959. The number of hydrogen-bond donors (Lipinski definition) is 0. The van der Waals surface area contributed by atoms with Crippen LogP contribution >= 0.6 is 0 Å². The van der Waals surface area contributed by atoms with Crippen molar-refractivity contribution in [1.82, 2.24) is 40.4 Å². The van der Waals surface area contributed by atoms with Crippen LogP contribution in [0.4, 0.5) is 0 Å². The number of aromatic nitrogens is 8. The van der Waals surface area contributed by atoms with Gasteiger partial charge in [-0.2, -0.15) is 9.59 Å². The quantitative estimate of drug-likeness (QED) is 0.597. The maximum atomic E-state index is 3.90. The highest BCUT2D eigenvalue weighted by atomic mass is 15.6. The van der Waals surface area contributed by atoms with E-state index in [1.54, 1.807) is 0 Å². The molecule has 0 N–H and O–H groups in total. The molecule has 0 bridgehead atoms. The van der Waals surface area contributed by atoms with Gasteiger partial charge in [0.25, 0.3) is 0 Å². The maximum absolute atomic E-state index is 3.90. The largest absolute Gasteiger partial charge is 0.162 e. The molecular weight excluding hydrogens is 172 g/mol. The van der Waals surface area contributed by atoms with Crippen LogP contribution in [0.1, 0.15) is 13.0 Å². The fourth-order valence-electron chi connectivity index (χ4n) is 0.959. The Balaban J connectivity index is 2.04. The third kappa shape index (κ3) is 1.66. The molecule has 2 heterocycles. The lowest BCUT2D eigenvalue weighted by Gasteiger charge is -2.06. The maximum Gasteiger partial charge on any atom is 0.162 e. The molecule has 1 unspecified atom stereocenters. The molecule has 0 spiro atoms.